The van der Waals surface area contributed by atoms with E-state index in [9.17, 15) is 9.59 Å². The zero-order valence-corrected chi connectivity index (χ0v) is 12.1. The summed E-state index contributed by atoms with van der Waals surface area (Å²) < 4.78 is 0. The van der Waals surface area contributed by atoms with Crippen LogP contribution >= 0.6 is 11.3 Å². The average Bonchev–Trinajstić information content (AvgIpc) is 2.96. The van der Waals surface area contributed by atoms with Gasteiger partial charge in [0.1, 0.15) is 0 Å². The highest BCUT2D eigenvalue weighted by Gasteiger charge is 2.22. The number of nitrogens with one attached hydrogen (secondary N) is 1. The van der Waals surface area contributed by atoms with E-state index in [0.29, 0.717) is 32.0 Å². The van der Waals surface area contributed by atoms with Crippen molar-refractivity contribution in [2.75, 3.05) is 13.1 Å². The zero-order valence-electron chi connectivity index (χ0n) is 11.2. The molecule has 7 heteroatoms. The van der Waals surface area contributed by atoms with Crippen molar-refractivity contribution < 1.29 is 14.7 Å². The average molecular weight is 297 g/mol. The van der Waals surface area contributed by atoms with Gasteiger partial charge >= 0.3 is 12.0 Å². The number of carboxylic acid groups (broad SMARTS) is 1. The van der Waals surface area contributed by atoms with Crippen LogP contribution in [-0.2, 0) is 11.3 Å². The molecule has 1 aliphatic rings. The Morgan fingerprint density at radius 3 is 2.80 bits per heavy atom. The van der Waals surface area contributed by atoms with Crippen LogP contribution in [0.25, 0.3) is 0 Å². The molecular weight excluding hydrogens is 278 g/mol. The number of amides is 2. The zero-order chi connectivity index (χ0) is 14.4. The number of urea groups is 1. The maximum absolute atomic E-state index is 12.0. The third kappa shape index (κ3) is 4.48. The molecule has 20 heavy (non-hydrogen) atoms. The van der Waals surface area contributed by atoms with E-state index in [1.54, 1.807) is 16.6 Å². The Hall–Kier alpha value is -1.63. The maximum atomic E-state index is 12.0. The van der Waals surface area contributed by atoms with E-state index < -0.39 is 5.97 Å². The minimum absolute atomic E-state index is 0.0462. The Bertz CT molecular complexity index is 442. The topological polar surface area (TPSA) is 82.5 Å². The number of likely N-dealkylation sites (tertiary alicyclic amines) is 1. The van der Waals surface area contributed by atoms with E-state index in [4.69, 9.17) is 5.11 Å². The second-order valence-electron chi connectivity index (χ2n) is 4.99. The Morgan fingerprint density at radius 1 is 1.45 bits per heavy atom. The SMILES string of the molecule is O=C(O)CCC1CCN(C(=O)NCc2cncs2)CC1. The Balaban J connectivity index is 1.67. The number of carboxylic acids is 1. The lowest BCUT2D eigenvalue weighted by atomic mass is 9.92. The molecule has 0 bridgehead atoms. The molecule has 1 saturated heterocycles. The van der Waals surface area contributed by atoms with Crippen molar-refractivity contribution in [2.24, 2.45) is 5.92 Å². The fourth-order valence-corrected chi connectivity index (χ4v) is 2.89. The number of hydrogen-bond donors (Lipinski definition) is 2. The molecule has 0 spiro atoms. The lowest BCUT2D eigenvalue weighted by Gasteiger charge is -2.31. The first-order valence-corrected chi connectivity index (χ1v) is 7.65. The van der Waals surface area contributed by atoms with Crippen LogP contribution in [0.2, 0.25) is 0 Å². The van der Waals surface area contributed by atoms with E-state index in [2.05, 4.69) is 10.3 Å². The van der Waals surface area contributed by atoms with Crippen LogP contribution in [0.3, 0.4) is 0 Å². The molecule has 1 aromatic rings. The maximum Gasteiger partial charge on any atom is 0.317 e. The lowest BCUT2D eigenvalue weighted by Crippen LogP contribution is -2.44. The number of aromatic nitrogens is 1. The molecule has 1 fully saturated rings. The first-order valence-electron chi connectivity index (χ1n) is 6.77. The molecule has 2 heterocycles. The minimum Gasteiger partial charge on any atom is -0.481 e. The summed E-state index contributed by atoms with van der Waals surface area (Å²) in [4.78, 5) is 29.3. The van der Waals surface area contributed by atoms with Gasteiger partial charge in [0.15, 0.2) is 0 Å². The smallest absolute Gasteiger partial charge is 0.317 e. The minimum atomic E-state index is -0.741. The van der Waals surface area contributed by atoms with Crippen LogP contribution in [0.15, 0.2) is 11.7 Å². The second-order valence-corrected chi connectivity index (χ2v) is 5.96. The number of hydrogen-bond acceptors (Lipinski definition) is 4. The lowest BCUT2D eigenvalue weighted by molar-refractivity contribution is -0.137. The molecule has 0 saturated carbocycles. The van der Waals surface area contributed by atoms with E-state index in [1.165, 1.54) is 11.3 Å². The first-order chi connectivity index (χ1) is 9.65. The molecular formula is C13H19N3O3S. The predicted octanol–water partition coefficient (Wildman–Crippen LogP) is 1.93. The highest BCUT2D eigenvalue weighted by molar-refractivity contribution is 7.09. The molecule has 0 aromatic carbocycles. The Morgan fingerprint density at radius 2 is 2.20 bits per heavy atom. The molecule has 1 aliphatic heterocycles. The van der Waals surface area contributed by atoms with Gasteiger partial charge in [-0.2, -0.15) is 0 Å². The van der Waals surface area contributed by atoms with Crippen LogP contribution in [0.5, 0.6) is 0 Å². The molecule has 0 aliphatic carbocycles. The monoisotopic (exact) mass is 297 g/mol. The molecule has 1 aromatic heterocycles. The number of aliphatic carboxylic acids is 1. The van der Waals surface area contributed by atoms with Gasteiger partial charge in [0.25, 0.3) is 0 Å². The summed E-state index contributed by atoms with van der Waals surface area (Å²) in [5.41, 5.74) is 1.75. The van der Waals surface area contributed by atoms with Gasteiger partial charge in [0, 0.05) is 30.6 Å². The number of rotatable bonds is 5. The van der Waals surface area contributed by atoms with Gasteiger partial charge in [-0.15, -0.1) is 11.3 Å². The van der Waals surface area contributed by atoms with E-state index in [-0.39, 0.29) is 12.5 Å². The summed E-state index contributed by atoms with van der Waals surface area (Å²) in [6.45, 7) is 1.93. The standard InChI is InChI=1S/C13H19N3O3S/c17-12(18)2-1-10-3-5-16(6-4-10)13(19)15-8-11-7-14-9-20-11/h7,9-10H,1-6,8H2,(H,15,19)(H,17,18). The van der Waals surface area contributed by atoms with Crippen LogP contribution < -0.4 is 5.32 Å². The number of thiazole rings is 1. The molecule has 2 amide bonds. The fraction of sp³-hybridized carbons (Fsp3) is 0.615. The van der Waals surface area contributed by atoms with Crippen LogP contribution in [-0.4, -0.2) is 40.1 Å². The van der Waals surface area contributed by atoms with Crippen molar-refractivity contribution in [3.8, 4) is 0 Å². The quantitative estimate of drug-likeness (QED) is 0.870. The van der Waals surface area contributed by atoms with Gasteiger partial charge in [-0.3, -0.25) is 9.78 Å². The summed E-state index contributed by atoms with van der Waals surface area (Å²) in [5, 5.41) is 11.5. The van der Waals surface area contributed by atoms with Crippen LogP contribution in [0.4, 0.5) is 4.79 Å². The molecule has 0 unspecified atom stereocenters. The van der Waals surface area contributed by atoms with E-state index in [0.717, 1.165) is 17.7 Å². The van der Waals surface area contributed by atoms with Gasteiger partial charge in [-0.05, 0) is 25.2 Å². The summed E-state index contributed by atoms with van der Waals surface area (Å²) >= 11 is 1.52. The van der Waals surface area contributed by atoms with Gasteiger partial charge in [0.2, 0.25) is 0 Å². The van der Waals surface area contributed by atoms with Crippen molar-refractivity contribution >= 4 is 23.3 Å². The first kappa shape index (κ1) is 14.8. The molecule has 0 atom stereocenters. The molecule has 0 radical (unpaired) electrons. The van der Waals surface area contributed by atoms with Crippen LogP contribution in [0.1, 0.15) is 30.6 Å². The van der Waals surface area contributed by atoms with Crippen molar-refractivity contribution in [1.82, 2.24) is 15.2 Å². The van der Waals surface area contributed by atoms with E-state index in [1.807, 2.05) is 0 Å². The van der Waals surface area contributed by atoms with Crippen LogP contribution in [0, 0.1) is 5.92 Å². The fourth-order valence-electron chi connectivity index (χ4n) is 2.36. The largest absolute Gasteiger partial charge is 0.481 e. The van der Waals surface area contributed by atoms with Crippen molar-refractivity contribution in [3.05, 3.63) is 16.6 Å². The third-order valence-electron chi connectivity index (χ3n) is 3.57. The van der Waals surface area contributed by atoms with Crippen molar-refractivity contribution in [1.29, 1.82) is 0 Å². The summed E-state index contributed by atoms with van der Waals surface area (Å²) in [7, 11) is 0. The normalized spacial score (nSPS) is 16.1. The Labute approximate surface area is 121 Å². The van der Waals surface area contributed by atoms with Crippen molar-refractivity contribution in [2.45, 2.75) is 32.2 Å². The summed E-state index contributed by atoms with van der Waals surface area (Å²) in [6, 6.07) is -0.0462. The highest BCUT2D eigenvalue weighted by Crippen LogP contribution is 2.21. The highest BCUT2D eigenvalue weighted by atomic mass is 32.1. The van der Waals surface area contributed by atoms with Gasteiger partial charge in [-0.25, -0.2) is 4.79 Å². The molecule has 2 rings (SSSR count). The number of carbonyl (C=O) groups is 2. The van der Waals surface area contributed by atoms with Gasteiger partial charge in [0.05, 0.1) is 12.1 Å². The number of carbonyl (C=O) groups excluding carboxylic acids is 1. The van der Waals surface area contributed by atoms with E-state index >= 15 is 0 Å². The molecule has 110 valence electrons. The second kappa shape index (κ2) is 7.23. The number of nitrogens with zero attached hydrogens (tertiary/aromatic N) is 2. The number of piperidine rings is 1. The third-order valence-corrected chi connectivity index (χ3v) is 4.35. The Kier molecular flexibility index (Phi) is 5.34. The van der Waals surface area contributed by atoms with Crippen molar-refractivity contribution in [3.63, 3.8) is 0 Å². The summed E-state index contributed by atoms with van der Waals surface area (Å²) in [5.74, 6) is -0.314. The van der Waals surface area contributed by atoms with Gasteiger partial charge < -0.3 is 15.3 Å². The van der Waals surface area contributed by atoms with Gasteiger partial charge in [-0.1, -0.05) is 0 Å². The summed E-state index contributed by atoms with van der Waals surface area (Å²) in [6.07, 6.45) is 4.47. The molecule has 6 nitrogen and oxygen atoms in total. The molecule has 2 N–H and O–H groups in total. The predicted molar refractivity (Wildman–Crippen MR) is 75.5 cm³/mol.